The summed E-state index contributed by atoms with van der Waals surface area (Å²) >= 11 is 0. The van der Waals surface area contributed by atoms with E-state index in [1.54, 1.807) is 0 Å². The zero-order chi connectivity index (χ0) is 24.5. The predicted molar refractivity (Wildman–Crippen MR) is 124 cm³/mol. The molecule has 2 aromatic carbocycles. The Balaban J connectivity index is 1.63. The van der Waals surface area contributed by atoms with Gasteiger partial charge >= 0.3 is 5.97 Å². The van der Waals surface area contributed by atoms with Gasteiger partial charge < -0.3 is 26.0 Å². The molecule has 1 heterocycles. The van der Waals surface area contributed by atoms with Crippen LogP contribution >= 0.6 is 0 Å². The number of aliphatic carboxylic acids is 1. The van der Waals surface area contributed by atoms with Crippen molar-refractivity contribution in [2.75, 3.05) is 13.2 Å². The first-order valence-electron chi connectivity index (χ1n) is 11.1. The van der Waals surface area contributed by atoms with Crippen LogP contribution in [-0.2, 0) is 20.8 Å². The molecule has 1 saturated heterocycles. The van der Waals surface area contributed by atoms with Crippen LogP contribution in [0.3, 0.4) is 0 Å². The smallest absolute Gasteiger partial charge is 0.332 e. The van der Waals surface area contributed by atoms with E-state index in [0.29, 0.717) is 6.42 Å². The van der Waals surface area contributed by atoms with Gasteiger partial charge in [-0.3, -0.25) is 9.59 Å². The van der Waals surface area contributed by atoms with Crippen LogP contribution < -0.4 is 21.5 Å². The summed E-state index contributed by atoms with van der Waals surface area (Å²) < 4.78 is 0. The molecule has 3 unspecified atom stereocenters. The molecule has 2 amide bonds. The number of hydrogen-bond acceptors (Lipinski definition) is 7. The topological polar surface area (TPSA) is 160 Å². The van der Waals surface area contributed by atoms with Gasteiger partial charge in [0.1, 0.15) is 12.1 Å². The summed E-state index contributed by atoms with van der Waals surface area (Å²) in [5, 5.41) is 33.2. The number of aliphatic hydroxyl groups excluding tert-OH is 2. The van der Waals surface area contributed by atoms with Gasteiger partial charge in [-0.15, -0.1) is 0 Å². The zero-order valence-corrected chi connectivity index (χ0v) is 18.6. The van der Waals surface area contributed by atoms with Crippen LogP contribution in [-0.4, -0.2) is 70.5 Å². The first-order chi connectivity index (χ1) is 16.4. The van der Waals surface area contributed by atoms with Gasteiger partial charge in [-0.1, -0.05) is 54.6 Å². The quantitative estimate of drug-likeness (QED) is 0.233. The maximum Gasteiger partial charge on any atom is 0.332 e. The molecular weight excluding hydrogens is 440 g/mol. The number of nitrogens with one attached hydrogen (secondary N) is 4. The number of benzene rings is 2. The Hall–Kier alpha value is -3.31. The largest absolute Gasteiger partial charge is 0.479 e. The second-order valence-corrected chi connectivity index (χ2v) is 8.21. The van der Waals surface area contributed by atoms with Crippen LogP contribution in [0.1, 0.15) is 18.4 Å². The van der Waals surface area contributed by atoms with E-state index in [1.165, 1.54) is 0 Å². The molecule has 0 radical (unpaired) electrons. The number of aliphatic hydroxyl groups is 2. The molecule has 0 aliphatic carbocycles. The third-order valence-corrected chi connectivity index (χ3v) is 5.63. The van der Waals surface area contributed by atoms with Crippen molar-refractivity contribution < 1.29 is 29.7 Å². The summed E-state index contributed by atoms with van der Waals surface area (Å²) in [5.41, 5.74) is 8.50. The van der Waals surface area contributed by atoms with Gasteiger partial charge in [0.25, 0.3) is 0 Å². The Bertz CT molecular complexity index is 969. The lowest BCUT2D eigenvalue weighted by molar-refractivity contribution is -0.147. The minimum atomic E-state index is -1.62. The number of carbonyl (C=O) groups excluding carboxylic acids is 2. The number of rotatable bonds is 11. The lowest BCUT2D eigenvalue weighted by atomic mass is 9.97. The average molecular weight is 471 g/mol. The maximum atomic E-state index is 12.8. The molecule has 7 N–H and O–H groups in total. The molecular formula is C24H30N4O6. The van der Waals surface area contributed by atoms with Crippen LogP contribution in [0.5, 0.6) is 0 Å². The van der Waals surface area contributed by atoms with Crippen molar-refractivity contribution in [1.82, 2.24) is 21.5 Å². The minimum Gasteiger partial charge on any atom is -0.479 e. The molecule has 3 rings (SSSR count). The van der Waals surface area contributed by atoms with Crippen LogP contribution in [0.15, 0.2) is 54.6 Å². The standard InChI is InChI=1S/C24H30N4O6/c29-11-10-25-22(31)19-14-20(28-27-19)23(32)26-18(13-21(30)24(33)34)12-15-6-8-17(9-7-15)16-4-2-1-3-5-16/h1-9,18-21,27-30H,10-14H2,(H,25,31)(H,26,32)(H,33,34)/t18?,19?,20?,21-/m1/s1. The van der Waals surface area contributed by atoms with Crippen molar-refractivity contribution in [3.63, 3.8) is 0 Å². The summed E-state index contributed by atoms with van der Waals surface area (Å²) in [6.07, 6.45) is -1.28. The molecule has 0 aromatic heterocycles. The molecule has 1 aliphatic heterocycles. The van der Waals surface area contributed by atoms with E-state index < -0.39 is 36.1 Å². The number of carboxylic acids is 1. The molecule has 34 heavy (non-hydrogen) atoms. The maximum absolute atomic E-state index is 12.8. The van der Waals surface area contributed by atoms with Gasteiger partial charge in [0.2, 0.25) is 11.8 Å². The van der Waals surface area contributed by atoms with Crippen LogP contribution in [0.2, 0.25) is 0 Å². The van der Waals surface area contributed by atoms with Crippen molar-refractivity contribution in [3.8, 4) is 11.1 Å². The van der Waals surface area contributed by atoms with Crippen LogP contribution in [0.25, 0.3) is 11.1 Å². The first-order valence-corrected chi connectivity index (χ1v) is 11.1. The first kappa shape index (κ1) is 25.3. The van der Waals surface area contributed by atoms with E-state index in [4.69, 9.17) is 10.2 Å². The van der Waals surface area contributed by atoms with Crippen LogP contribution in [0.4, 0.5) is 0 Å². The highest BCUT2D eigenvalue weighted by molar-refractivity contribution is 5.87. The summed E-state index contributed by atoms with van der Waals surface area (Å²) in [6, 6.07) is 15.6. The highest BCUT2D eigenvalue weighted by atomic mass is 16.4. The normalized spacial score (nSPS) is 19.2. The predicted octanol–water partition coefficient (Wildman–Crippen LogP) is -0.440. The summed E-state index contributed by atoms with van der Waals surface area (Å²) in [4.78, 5) is 36.0. The number of hydrogen-bond donors (Lipinski definition) is 7. The van der Waals surface area contributed by atoms with Gasteiger partial charge in [0, 0.05) is 19.0 Å². The molecule has 1 fully saturated rings. The third kappa shape index (κ3) is 7.09. The summed E-state index contributed by atoms with van der Waals surface area (Å²) in [7, 11) is 0. The lowest BCUT2D eigenvalue weighted by Gasteiger charge is -2.22. The van der Waals surface area contributed by atoms with Crippen LogP contribution in [0, 0.1) is 0 Å². The summed E-state index contributed by atoms with van der Waals surface area (Å²) in [5.74, 6) is -2.11. The van der Waals surface area contributed by atoms with Gasteiger partial charge in [-0.05, 0) is 29.5 Å². The van der Waals surface area contributed by atoms with Gasteiger partial charge in [-0.25, -0.2) is 15.6 Å². The second kappa shape index (κ2) is 12.2. The Morgan fingerprint density at radius 1 is 0.941 bits per heavy atom. The second-order valence-electron chi connectivity index (χ2n) is 8.21. The molecule has 10 nitrogen and oxygen atoms in total. The van der Waals surface area contributed by atoms with E-state index >= 15 is 0 Å². The third-order valence-electron chi connectivity index (χ3n) is 5.63. The minimum absolute atomic E-state index is 0.117. The Labute approximate surface area is 197 Å². The van der Waals surface area contributed by atoms with Gasteiger partial charge in [-0.2, -0.15) is 0 Å². The van der Waals surface area contributed by atoms with Crippen molar-refractivity contribution in [1.29, 1.82) is 0 Å². The highest BCUT2D eigenvalue weighted by Crippen LogP contribution is 2.20. The number of carbonyl (C=O) groups is 3. The molecule has 182 valence electrons. The number of carboxylic acid groups (broad SMARTS) is 1. The monoisotopic (exact) mass is 470 g/mol. The molecule has 2 aromatic rings. The Morgan fingerprint density at radius 3 is 2.18 bits per heavy atom. The van der Waals surface area contributed by atoms with E-state index in [2.05, 4.69) is 21.5 Å². The van der Waals surface area contributed by atoms with Crippen molar-refractivity contribution in [2.45, 2.75) is 43.5 Å². The van der Waals surface area contributed by atoms with Crippen molar-refractivity contribution in [2.24, 2.45) is 0 Å². The van der Waals surface area contributed by atoms with Gasteiger partial charge in [0.15, 0.2) is 6.10 Å². The highest BCUT2D eigenvalue weighted by Gasteiger charge is 2.34. The number of hydrazine groups is 1. The lowest BCUT2D eigenvalue weighted by Crippen LogP contribution is -2.49. The van der Waals surface area contributed by atoms with E-state index in [-0.39, 0.29) is 31.9 Å². The zero-order valence-electron chi connectivity index (χ0n) is 18.6. The molecule has 0 saturated carbocycles. The van der Waals surface area contributed by atoms with E-state index in [9.17, 15) is 19.5 Å². The van der Waals surface area contributed by atoms with E-state index in [0.717, 1.165) is 16.7 Å². The Morgan fingerprint density at radius 2 is 1.56 bits per heavy atom. The Kier molecular flexibility index (Phi) is 9.11. The molecule has 0 spiro atoms. The molecule has 4 atom stereocenters. The van der Waals surface area contributed by atoms with Gasteiger partial charge in [0.05, 0.1) is 6.61 Å². The fourth-order valence-corrected chi connectivity index (χ4v) is 3.82. The molecule has 10 heteroatoms. The number of amides is 2. The molecule has 1 aliphatic rings. The van der Waals surface area contributed by atoms with Crippen molar-refractivity contribution in [3.05, 3.63) is 60.2 Å². The fourth-order valence-electron chi connectivity index (χ4n) is 3.82. The molecule has 0 bridgehead atoms. The fraction of sp³-hybridized carbons (Fsp3) is 0.375. The van der Waals surface area contributed by atoms with Crippen molar-refractivity contribution >= 4 is 17.8 Å². The average Bonchev–Trinajstić information content (AvgIpc) is 3.34. The summed E-state index contributed by atoms with van der Waals surface area (Å²) in [6.45, 7) is -0.0677. The van der Waals surface area contributed by atoms with E-state index in [1.807, 2.05) is 54.6 Å². The SMILES string of the molecule is O=C(NCCO)C1CC(C(=O)NC(Cc2ccc(-c3ccccc3)cc2)C[C@@H](O)C(=O)O)NN1.